The Kier molecular flexibility index (Phi) is 16.8. The van der Waals surface area contributed by atoms with Crippen molar-refractivity contribution in [1.82, 2.24) is 9.13 Å². The number of benzene rings is 7. The number of hydrogen-bond donors (Lipinski definition) is 0. The number of aromatic nitrogens is 2. The number of fused-ring (bicyclic) bond motifs is 5. The van der Waals surface area contributed by atoms with Crippen LogP contribution in [-0.2, 0) is 12.1 Å². The topological polar surface area (TPSA) is 34.6 Å². The van der Waals surface area contributed by atoms with Crippen molar-refractivity contribution in [1.29, 1.82) is 0 Å². The Bertz CT molecular complexity index is 3210. The number of allylic oxidation sites excluding steroid dienone is 6. The summed E-state index contributed by atoms with van der Waals surface area (Å²) in [4.78, 5) is 9.15. The lowest BCUT2D eigenvalue weighted by Crippen LogP contribution is -2.22. The smallest absolute Gasteiger partial charge is 0.110 e. The maximum atomic E-state index is 4.93. The van der Waals surface area contributed by atoms with E-state index in [1.54, 1.807) is 0 Å². The molecule has 0 saturated carbocycles. The predicted octanol–water partition coefficient (Wildman–Crippen LogP) is 17.8. The van der Waals surface area contributed by atoms with Gasteiger partial charge in [-0.15, -0.1) is 0 Å². The Hall–Kier alpha value is -7.56. The third kappa shape index (κ3) is 9.86. The quantitative estimate of drug-likeness (QED) is 0.0916. The molecule has 338 valence electrons. The minimum atomic E-state index is -0.707. The van der Waals surface area contributed by atoms with Crippen LogP contribution in [0.25, 0.3) is 72.1 Å². The highest BCUT2D eigenvalue weighted by atomic mass is 15.0. The van der Waals surface area contributed by atoms with Crippen LogP contribution in [0.2, 0.25) is 0 Å². The fourth-order valence-electron chi connectivity index (χ4n) is 8.98. The highest BCUT2D eigenvalue weighted by Gasteiger charge is 2.34. The number of aliphatic imine (C=N–C) groups is 2. The zero-order valence-corrected chi connectivity index (χ0v) is 41.0. The molecule has 0 fully saturated rings. The van der Waals surface area contributed by atoms with Crippen LogP contribution in [0, 0.1) is 6.92 Å². The van der Waals surface area contributed by atoms with Gasteiger partial charge in [0.1, 0.15) is 5.54 Å². The van der Waals surface area contributed by atoms with Gasteiger partial charge in [-0.3, -0.25) is 9.98 Å². The Morgan fingerprint density at radius 1 is 0.642 bits per heavy atom. The lowest BCUT2D eigenvalue weighted by atomic mass is 9.81. The van der Waals surface area contributed by atoms with Gasteiger partial charge in [0, 0.05) is 38.8 Å². The van der Waals surface area contributed by atoms with Crippen molar-refractivity contribution >= 4 is 68.2 Å². The van der Waals surface area contributed by atoms with E-state index in [2.05, 4.69) is 237 Å². The van der Waals surface area contributed by atoms with E-state index in [4.69, 9.17) is 4.99 Å². The summed E-state index contributed by atoms with van der Waals surface area (Å²) in [5.41, 5.74) is 13.3. The number of nitrogens with zero attached hydrogens (tertiary/aromatic N) is 4. The van der Waals surface area contributed by atoms with Crippen LogP contribution in [0.4, 0.5) is 0 Å². The summed E-state index contributed by atoms with van der Waals surface area (Å²) in [6, 6.07) is 56.0. The third-order valence-corrected chi connectivity index (χ3v) is 12.1. The highest BCUT2D eigenvalue weighted by molar-refractivity contribution is 6.11. The summed E-state index contributed by atoms with van der Waals surface area (Å²) in [5.74, 6) is 0. The van der Waals surface area contributed by atoms with E-state index in [9.17, 15) is 0 Å². The largest absolute Gasteiger partial charge is 0.309 e. The minimum absolute atomic E-state index is 0.707. The van der Waals surface area contributed by atoms with E-state index >= 15 is 0 Å². The monoisotopic (exact) mass is 879 g/mol. The van der Waals surface area contributed by atoms with E-state index in [1.807, 2.05) is 53.0 Å². The normalized spacial score (nSPS) is 12.5. The maximum absolute atomic E-state index is 4.93. The summed E-state index contributed by atoms with van der Waals surface area (Å²) >= 11 is 0. The highest BCUT2D eigenvalue weighted by Crippen LogP contribution is 2.46. The van der Waals surface area contributed by atoms with Crippen LogP contribution >= 0.6 is 0 Å². The van der Waals surface area contributed by atoms with Crippen molar-refractivity contribution in [2.24, 2.45) is 9.98 Å². The summed E-state index contributed by atoms with van der Waals surface area (Å²) in [7, 11) is 0. The van der Waals surface area contributed by atoms with Gasteiger partial charge in [0.2, 0.25) is 0 Å². The Morgan fingerprint density at radius 2 is 1.25 bits per heavy atom. The molecule has 0 saturated heterocycles. The van der Waals surface area contributed by atoms with Crippen LogP contribution in [0.5, 0.6) is 0 Å². The molecule has 1 atom stereocenters. The van der Waals surface area contributed by atoms with Gasteiger partial charge >= 0.3 is 0 Å². The molecule has 4 nitrogen and oxygen atoms in total. The van der Waals surface area contributed by atoms with Crippen LogP contribution in [0.3, 0.4) is 0 Å². The van der Waals surface area contributed by atoms with Gasteiger partial charge < -0.3 is 9.13 Å². The second kappa shape index (κ2) is 23.1. The number of hydrogen-bond acceptors (Lipinski definition) is 2. The second-order valence-corrected chi connectivity index (χ2v) is 15.9. The molecule has 9 aromatic rings. The molecule has 0 N–H and O–H groups in total. The molecule has 0 aliphatic rings. The summed E-state index contributed by atoms with van der Waals surface area (Å²) in [5, 5.41) is 5.99. The molecular formula is C63H66N4. The van der Waals surface area contributed by atoms with Crippen LogP contribution in [0.15, 0.2) is 205 Å². The van der Waals surface area contributed by atoms with Crippen molar-refractivity contribution in [2.75, 3.05) is 0 Å². The van der Waals surface area contributed by atoms with E-state index < -0.39 is 5.54 Å². The van der Waals surface area contributed by atoms with Crippen molar-refractivity contribution < 1.29 is 0 Å². The number of aryl methyl sites for hydroxylation is 1. The SMILES string of the molecule is C=C/C=C(\C=C/C)n1c2ccccc2c2ccc(-n3c(/C=C\C)c(C)c4cc5ccccc5c(C(C)(N=C)c5ccccc5)c43)cc21.CC.CC.CC=NCc1ccc(-c2ccccc2)cc1. The summed E-state index contributed by atoms with van der Waals surface area (Å²) < 4.78 is 4.78. The Morgan fingerprint density at radius 3 is 1.90 bits per heavy atom. The molecule has 0 spiro atoms. The van der Waals surface area contributed by atoms with Gasteiger partial charge in [0.25, 0.3) is 0 Å². The summed E-state index contributed by atoms with van der Waals surface area (Å²) in [6.07, 6.45) is 14.4. The average Bonchev–Trinajstić information content (AvgIpc) is 3.86. The van der Waals surface area contributed by atoms with Gasteiger partial charge in [-0.05, 0) is 129 Å². The first kappa shape index (κ1) is 48.9. The van der Waals surface area contributed by atoms with Crippen molar-refractivity contribution in [2.45, 2.75) is 74.4 Å². The standard InChI is InChI=1S/C44H39N3.C15H15N.2C2H6/c1-7-17-33(18-8-2)46-40-25-16-15-24-36(40)37-27-26-34(29-41(37)46)47-39(19-9-3)30(4)38-28-31-20-13-14-23-35(31)42(43(38)47)44(5,45-6)32-21-11-10-12-22-32;1-2-16-12-13-8-10-15(11-9-13)14-6-4-3-5-7-14;2*1-2/h7-29H,1,6H2,2-5H3;2-11H,12H2,1H3;2*1-2H3/b18-8-,19-9-,33-17+;;;. The molecular weight excluding hydrogens is 813 g/mol. The molecule has 0 aliphatic carbocycles. The van der Waals surface area contributed by atoms with E-state index in [-0.39, 0.29) is 0 Å². The molecule has 9 rings (SSSR count). The van der Waals surface area contributed by atoms with Crippen molar-refractivity contribution in [3.05, 3.63) is 223 Å². The molecule has 67 heavy (non-hydrogen) atoms. The lowest BCUT2D eigenvalue weighted by Gasteiger charge is -2.29. The second-order valence-electron chi connectivity index (χ2n) is 15.9. The van der Waals surface area contributed by atoms with E-state index in [1.165, 1.54) is 49.2 Å². The first-order valence-corrected chi connectivity index (χ1v) is 23.7. The van der Waals surface area contributed by atoms with Gasteiger partial charge in [0.15, 0.2) is 0 Å². The Labute approximate surface area is 399 Å². The van der Waals surface area contributed by atoms with Crippen LogP contribution < -0.4 is 0 Å². The molecule has 7 aromatic carbocycles. The molecule has 0 aliphatic heterocycles. The molecule has 2 aromatic heterocycles. The predicted molar refractivity (Wildman–Crippen MR) is 297 cm³/mol. The fourth-order valence-corrected chi connectivity index (χ4v) is 8.98. The number of rotatable bonds is 11. The first-order chi connectivity index (χ1) is 32.9. The molecule has 4 heteroatoms. The summed E-state index contributed by atoms with van der Waals surface area (Å²) in [6.45, 7) is 27.5. The molecule has 0 amide bonds. The van der Waals surface area contributed by atoms with Gasteiger partial charge in [-0.1, -0.05) is 186 Å². The molecule has 0 radical (unpaired) electrons. The third-order valence-electron chi connectivity index (χ3n) is 12.1. The van der Waals surface area contributed by atoms with Gasteiger partial charge in [-0.2, -0.15) is 0 Å². The van der Waals surface area contributed by atoms with Gasteiger partial charge in [0.05, 0.1) is 23.1 Å². The first-order valence-electron chi connectivity index (χ1n) is 23.7. The fraction of sp³-hybridized carbons (Fsp3) is 0.175. The zero-order valence-electron chi connectivity index (χ0n) is 41.0. The Balaban J connectivity index is 0.000000310. The molecule has 0 bridgehead atoms. The van der Waals surface area contributed by atoms with E-state index in [0.717, 1.165) is 51.3 Å². The van der Waals surface area contributed by atoms with Crippen LogP contribution in [-0.4, -0.2) is 22.1 Å². The van der Waals surface area contributed by atoms with Gasteiger partial charge in [-0.25, -0.2) is 0 Å². The average molecular weight is 879 g/mol. The maximum Gasteiger partial charge on any atom is 0.110 e. The molecule has 1 unspecified atom stereocenters. The lowest BCUT2D eigenvalue weighted by molar-refractivity contribution is 0.621. The van der Waals surface area contributed by atoms with Crippen molar-refractivity contribution in [3.8, 4) is 16.8 Å². The van der Waals surface area contributed by atoms with Crippen molar-refractivity contribution in [3.63, 3.8) is 0 Å². The minimum Gasteiger partial charge on any atom is -0.309 e. The van der Waals surface area contributed by atoms with Crippen LogP contribution in [0.1, 0.15) is 83.3 Å². The van der Waals surface area contributed by atoms with E-state index in [0.29, 0.717) is 0 Å². The molecule has 2 heterocycles. The zero-order chi connectivity index (χ0) is 47.9. The number of para-hydroxylation sites is 1.